The third-order valence-electron chi connectivity index (χ3n) is 3.01. The van der Waals surface area contributed by atoms with Crippen LogP contribution in [0.2, 0.25) is 5.02 Å². The molecule has 1 fully saturated rings. The highest BCUT2D eigenvalue weighted by Crippen LogP contribution is 2.24. The number of ether oxygens (including phenoxy) is 1. The lowest BCUT2D eigenvalue weighted by molar-refractivity contribution is 0.0697. The maximum atomic E-state index is 12.2. The van der Waals surface area contributed by atoms with Gasteiger partial charge in [-0.05, 0) is 30.5 Å². The van der Waals surface area contributed by atoms with Crippen LogP contribution in [-0.2, 0) is 14.6 Å². The van der Waals surface area contributed by atoms with Gasteiger partial charge in [0.2, 0.25) is 0 Å². The molecule has 104 valence electrons. The second kappa shape index (κ2) is 5.48. The molecule has 2 rings (SSSR count). The van der Waals surface area contributed by atoms with Gasteiger partial charge >= 0.3 is 5.97 Å². The highest BCUT2D eigenvalue weighted by atomic mass is 35.5. The number of rotatable bonds is 4. The predicted molar refractivity (Wildman–Crippen MR) is 69.4 cm³/mol. The van der Waals surface area contributed by atoms with E-state index >= 15 is 0 Å². The Bertz CT molecular complexity index is 590. The average Bonchev–Trinajstić information content (AvgIpc) is 2.80. The highest BCUT2D eigenvalue weighted by Gasteiger charge is 2.25. The van der Waals surface area contributed by atoms with Crippen molar-refractivity contribution in [3.63, 3.8) is 0 Å². The van der Waals surface area contributed by atoms with Gasteiger partial charge in [-0.1, -0.05) is 11.6 Å². The maximum absolute atomic E-state index is 12.2. The maximum Gasteiger partial charge on any atom is 0.337 e. The van der Waals surface area contributed by atoms with Crippen LogP contribution in [0.4, 0.5) is 0 Å². The van der Waals surface area contributed by atoms with Crippen LogP contribution in [0.5, 0.6) is 0 Å². The van der Waals surface area contributed by atoms with Crippen LogP contribution in [0.25, 0.3) is 0 Å². The Labute approximate surface area is 116 Å². The van der Waals surface area contributed by atoms with E-state index in [4.69, 9.17) is 21.4 Å². The first kappa shape index (κ1) is 14.3. The van der Waals surface area contributed by atoms with E-state index in [1.54, 1.807) is 0 Å². The molecule has 0 aromatic heterocycles. The number of carbonyl (C=O) groups is 1. The van der Waals surface area contributed by atoms with Gasteiger partial charge in [0.25, 0.3) is 0 Å². The van der Waals surface area contributed by atoms with E-state index in [9.17, 15) is 13.2 Å². The van der Waals surface area contributed by atoms with E-state index < -0.39 is 15.8 Å². The Morgan fingerprint density at radius 3 is 2.79 bits per heavy atom. The zero-order valence-corrected chi connectivity index (χ0v) is 11.6. The van der Waals surface area contributed by atoms with E-state index in [0.717, 1.165) is 6.07 Å². The fourth-order valence-electron chi connectivity index (χ4n) is 1.98. The average molecular weight is 305 g/mol. The minimum absolute atomic E-state index is 0.0128. The molecule has 1 aromatic rings. The van der Waals surface area contributed by atoms with Gasteiger partial charge in [0, 0.05) is 6.61 Å². The summed E-state index contributed by atoms with van der Waals surface area (Å²) in [5.74, 6) is -1.31. The van der Waals surface area contributed by atoms with Gasteiger partial charge in [-0.3, -0.25) is 0 Å². The van der Waals surface area contributed by atoms with Gasteiger partial charge in [-0.2, -0.15) is 0 Å². The predicted octanol–water partition coefficient (Wildman–Crippen LogP) is 1.85. The lowest BCUT2D eigenvalue weighted by atomic mass is 10.2. The molecular weight excluding hydrogens is 292 g/mol. The molecular formula is C12H13ClO5S. The monoisotopic (exact) mass is 304 g/mol. The fraction of sp³-hybridized carbons (Fsp3) is 0.417. The number of halogens is 1. The molecule has 5 nitrogen and oxygen atoms in total. The quantitative estimate of drug-likeness (QED) is 0.918. The molecule has 1 unspecified atom stereocenters. The number of hydrogen-bond acceptors (Lipinski definition) is 4. The van der Waals surface area contributed by atoms with Crippen LogP contribution in [0.3, 0.4) is 0 Å². The van der Waals surface area contributed by atoms with Crippen molar-refractivity contribution in [3.05, 3.63) is 28.8 Å². The van der Waals surface area contributed by atoms with E-state index in [2.05, 4.69) is 0 Å². The fourth-order valence-corrected chi connectivity index (χ4v) is 3.83. The van der Waals surface area contributed by atoms with Crippen LogP contribution in [0.1, 0.15) is 16.8 Å². The zero-order valence-electron chi connectivity index (χ0n) is 10.0. The Morgan fingerprint density at radius 1 is 1.47 bits per heavy atom. The Morgan fingerprint density at radius 2 is 2.21 bits per heavy atom. The summed E-state index contributed by atoms with van der Waals surface area (Å²) in [4.78, 5) is 10.9. The standard InChI is InChI=1S/C12H13ClO5S/c13-11-2-1-9(5-10(11)12(14)15)19(16,17)7-8-3-4-18-6-8/h1-2,5,8H,3-4,6-7H2,(H,14,15). The third-order valence-corrected chi connectivity index (χ3v) is 5.22. The van der Waals surface area contributed by atoms with E-state index in [0.29, 0.717) is 19.6 Å². The topological polar surface area (TPSA) is 80.7 Å². The molecule has 19 heavy (non-hydrogen) atoms. The number of hydrogen-bond donors (Lipinski definition) is 1. The number of carboxylic acids is 1. The third kappa shape index (κ3) is 3.26. The van der Waals surface area contributed by atoms with Crippen molar-refractivity contribution in [2.75, 3.05) is 19.0 Å². The SMILES string of the molecule is O=C(O)c1cc(S(=O)(=O)CC2CCOC2)ccc1Cl. The first-order chi connectivity index (χ1) is 8.90. The van der Waals surface area contributed by atoms with Crippen molar-refractivity contribution in [1.82, 2.24) is 0 Å². The Kier molecular flexibility index (Phi) is 4.13. The van der Waals surface area contributed by atoms with Gasteiger partial charge in [0.1, 0.15) is 0 Å². The van der Waals surface area contributed by atoms with Crippen molar-refractivity contribution in [3.8, 4) is 0 Å². The molecule has 1 aliphatic heterocycles. The molecule has 0 spiro atoms. The summed E-state index contributed by atoms with van der Waals surface area (Å²) in [6, 6.07) is 3.73. The van der Waals surface area contributed by atoms with Crippen LogP contribution in [0.15, 0.2) is 23.1 Å². The summed E-state index contributed by atoms with van der Waals surface area (Å²) in [5, 5.41) is 8.96. The van der Waals surface area contributed by atoms with Crippen molar-refractivity contribution in [2.45, 2.75) is 11.3 Å². The van der Waals surface area contributed by atoms with Gasteiger partial charge in [0.05, 0.1) is 27.8 Å². The molecule has 1 saturated heterocycles. The van der Waals surface area contributed by atoms with Crippen LogP contribution in [-0.4, -0.2) is 38.5 Å². The van der Waals surface area contributed by atoms with Crippen molar-refractivity contribution >= 4 is 27.4 Å². The molecule has 0 amide bonds. The minimum atomic E-state index is -3.52. The summed E-state index contributed by atoms with van der Waals surface area (Å²) in [6.07, 6.45) is 0.707. The molecule has 0 saturated carbocycles. The second-order valence-corrected chi connectivity index (χ2v) is 6.90. The van der Waals surface area contributed by atoms with Crippen LogP contribution < -0.4 is 0 Å². The summed E-state index contributed by atoms with van der Waals surface area (Å²) in [5.41, 5.74) is -0.203. The molecule has 1 heterocycles. The van der Waals surface area contributed by atoms with Crippen LogP contribution >= 0.6 is 11.6 Å². The van der Waals surface area contributed by atoms with Gasteiger partial charge < -0.3 is 9.84 Å². The largest absolute Gasteiger partial charge is 0.478 e. The van der Waals surface area contributed by atoms with Crippen molar-refractivity contribution < 1.29 is 23.1 Å². The summed E-state index contributed by atoms with van der Waals surface area (Å²) in [7, 11) is -3.52. The highest BCUT2D eigenvalue weighted by molar-refractivity contribution is 7.91. The normalized spacial score (nSPS) is 19.5. The molecule has 0 bridgehead atoms. The lowest BCUT2D eigenvalue weighted by Gasteiger charge is -2.10. The molecule has 1 atom stereocenters. The summed E-state index contributed by atoms with van der Waals surface area (Å²) in [6.45, 7) is 1.000. The molecule has 0 aliphatic carbocycles. The van der Waals surface area contributed by atoms with E-state index in [-0.39, 0.29) is 27.2 Å². The number of benzene rings is 1. The number of carboxylic acid groups (broad SMARTS) is 1. The van der Waals surface area contributed by atoms with Gasteiger partial charge in [-0.25, -0.2) is 13.2 Å². The second-order valence-electron chi connectivity index (χ2n) is 4.46. The number of aromatic carboxylic acids is 1. The Hall–Kier alpha value is -1.11. The smallest absolute Gasteiger partial charge is 0.337 e. The van der Waals surface area contributed by atoms with E-state index in [1.807, 2.05) is 0 Å². The lowest BCUT2D eigenvalue weighted by Crippen LogP contribution is -2.17. The molecule has 0 radical (unpaired) electrons. The molecule has 1 N–H and O–H groups in total. The number of sulfone groups is 1. The summed E-state index contributed by atoms with van der Waals surface area (Å²) >= 11 is 5.72. The Balaban J connectivity index is 2.29. The van der Waals surface area contributed by atoms with E-state index in [1.165, 1.54) is 12.1 Å². The van der Waals surface area contributed by atoms with Crippen LogP contribution in [0, 0.1) is 5.92 Å². The van der Waals surface area contributed by atoms with Gasteiger partial charge in [0.15, 0.2) is 9.84 Å². The van der Waals surface area contributed by atoms with Crippen molar-refractivity contribution in [2.24, 2.45) is 5.92 Å². The molecule has 1 aromatic carbocycles. The zero-order chi connectivity index (χ0) is 14.0. The molecule has 7 heteroatoms. The first-order valence-corrected chi connectivity index (χ1v) is 7.76. The summed E-state index contributed by atoms with van der Waals surface area (Å²) < 4.78 is 29.5. The van der Waals surface area contributed by atoms with Crippen molar-refractivity contribution in [1.29, 1.82) is 0 Å². The minimum Gasteiger partial charge on any atom is -0.478 e. The van der Waals surface area contributed by atoms with Gasteiger partial charge in [-0.15, -0.1) is 0 Å². The first-order valence-electron chi connectivity index (χ1n) is 5.73. The molecule has 1 aliphatic rings.